The van der Waals surface area contributed by atoms with Crippen molar-refractivity contribution in [3.63, 3.8) is 0 Å². The van der Waals surface area contributed by atoms with E-state index in [4.69, 9.17) is 4.74 Å². The number of aliphatic hydroxyl groups is 1. The van der Waals surface area contributed by atoms with Crippen molar-refractivity contribution in [2.45, 2.75) is 32.5 Å². The predicted molar refractivity (Wildman–Crippen MR) is 79.1 cm³/mol. The van der Waals surface area contributed by atoms with Gasteiger partial charge in [-0.05, 0) is 13.5 Å². The van der Waals surface area contributed by atoms with Crippen LogP contribution in [-0.2, 0) is 21.1 Å². The van der Waals surface area contributed by atoms with Gasteiger partial charge < -0.3 is 9.84 Å². The first-order valence-electron chi connectivity index (χ1n) is 7.19. The molecule has 0 amide bonds. The third-order valence-electron chi connectivity index (χ3n) is 3.74. The number of hydrogen-bond acceptors (Lipinski definition) is 7. The minimum Gasteiger partial charge on any atom is -0.461 e. The van der Waals surface area contributed by atoms with Gasteiger partial charge in [0.05, 0.1) is 36.5 Å². The number of likely N-dealkylation sites (N-methyl/N-ethyl adjacent to an activating group) is 1. The molecule has 1 saturated heterocycles. The SMILES string of the molecule is CCOC(=O)c1[nH]ncc1CN(CC)[C@H]1CS(=O)(=O)C[C@@H]1O. The van der Waals surface area contributed by atoms with Crippen LogP contribution in [0, 0.1) is 0 Å². The fourth-order valence-corrected chi connectivity index (χ4v) is 4.48. The van der Waals surface area contributed by atoms with Crippen molar-refractivity contribution in [3.8, 4) is 0 Å². The minimum absolute atomic E-state index is 0.0748. The molecule has 8 nitrogen and oxygen atoms in total. The van der Waals surface area contributed by atoms with Crippen molar-refractivity contribution < 1.29 is 23.1 Å². The zero-order chi connectivity index (χ0) is 16.3. The highest BCUT2D eigenvalue weighted by Crippen LogP contribution is 2.21. The van der Waals surface area contributed by atoms with E-state index in [2.05, 4.69) is 10.2 Å². The van der Waals surface area contributed by atoms with Gasteiger partial charge in [0.2, 0.25) is 0 Å². The lowest BCUT2D eigenvalue weighted by Crippen LogP contribution is -2.42. The highest BCUT2D eigenvalue weighted by molar-refractivity contribution is 7.91. The van der Waals surface area contributed by atoms with Gasteiger partial charge in [-0.2, -0.15) is 5.10 Å². The molecule has 0 spiro atoms. The molecule has 2 heterocycles. The summed E-state index contributed by atoms with van der Waals surface area (Å²) in [6, 6.07) is -0.472. The molecule has 0 aliphatic carbocycles. The predicted octanol–water partition coefficient (Wildman–Crippen LogP) is -0.434. The monoisotopic (exact) mass is 331 g/mol. The molecule has 0 unspecified atom stereocenters. The van der Waals surface area contributed by atoms with E-state index in [1.165, 1.54) is 6.20 Å². The van der Waals surface area contributed by atoms with E-state index in [0.717, 1.165) is 0 Å². The van der Waals surface area contributed by atoms with Gasteiger partial charge in [-0.25, -0.2) is 13.2 Å². The van der Waals surface area contributed by atoms with Gasteiger partial charge in [-0.1, -0.05) is 6.92 Å². The maximum absolute atomic E-state index is 11.8. The van der Waals surface area contributed by atoms with Crippen LogP contribution in [0.3, 0.4) is 0 Å². The van der Waals surface area contributed by atoms with Gasteiger partial charge in [0.1, 0.15) is 5.69 Å². The van der Waals surface area contributed by atoms with Crippen LogP contribution in [0.15, 0.2) is 6.20 Å². The molecule has 1 aliphatic rings. The Morgan fingerprint density at radius 3 is 2.77 bits per heavy atom. The van der Waals surface area contributed by atoms with Crippen molar-refractivity contribution in [2.75, 3.05) is 24.7 Å². The van der Waals surface area contributed by atoms with E-state index in [0.29, 0.717) is 18.7 Å². The molecule has 2 atom stereocenters. The van der Waals surface area contributed by atoms with Gasteiger partial charge in [-0.3, -0.25) is 10.00 Å². The number of carbonyl (C=O) groups is 1. The number of aromatic amines is 1. The van der Waals surface area contributed by atoms with Crippen molar-refractivity contribution in [1.29, 1.82) is 0 Å². The average Bonchev–Trinajstić information content (AvgIpc) is 3.00. The normalized spacial score (nSPS) is 23.8. The van der Waals surface area contributed by atoms with E-state index in [-0.39, 0.29) is 23.8 Å². The standard InChI is InChI=1S/C13H21N3O5S/c1-3-16(10-7-22(19,20)8-11(10)17)6-9-5-14-15-12(9)13(18)21-4-2/h5,10-11,17H,3-4,6-8H2,1-2H3,(H,14,15)/t10-,11-/m0/s1. The Morgan fingerprint density at radius 2 is 2.23 bits per heavy atom. The second-order valence-corrected chi connectivity index (χ2v) is 7.42. The summed E-state index contributed by atoms with van der Waals surface area (Å²) in [5.74, 6) is -0.788. The summed E-state index contributed by atoms with van der Waals surface area (Å²) in [5.41, 5.74) is 0.882. The Labute approximate surface area is 129 Å². The number of H-pyrrole nitrogens is 1. The number of hydrogen-bond donors (Lipinski definition) is 2. The Balaban J connectivity index is 2.15. The van der Waals surface area contributed by atoms with E-state index >= 15 is 0 Å². The number of sulfone groups is 1. The van der Waals surface area contributed by atoms with Crippen LogP contribution in [-0.4, -0.2) is 71.4 Å². The number of nitrogens with one attached hydrogen (secondary N) is 1. The number of carbonyl (C=O) groups excluding carboxylic acids is 1. The molecular formula is C13H21N3O5S. The molecule has 0 bridgehead atoms. The van der Waals surface area contributed by atoms with Gasteiger partial charge in [-0.15, -0.1) is 0 Å². The average molecular weight is 331 g/mol. The quantitative estimate of drug-likeness (QED) is 0.680. The van der Waals surface area contributed by atoms with Crippen molar-refractivity contribution in [1.82, 2.24) is 15.1 Å². The van der Waals surface area contributed by atoms with Crippen molar-refractivity contribution in [2.24, 2.45) is 0 Å². The first-order chi connectivity index (χ1) is 10.4. The van der Waals surface area contributed by atoms with E-state index < -0.39 is 28.0 Å². The molecule has 2 N–H and O–H groups in total. The smallest absolute Gasteiger partial charge is 0.356 e. The second-order valence-electron chi connectivity index (χ2n) is 5.27. The third kappa shape index (κ3) is 3.65. The molecule has 0 radical (unpaired) electrons. The molecule has 22 heavy (non-hydrogen) atoms. The van der Waals surface area contributed by atoms with Crippen LogP contribution in [0.5, 0.6) is 0 Å². The number of nitrogens with zero attached hydrogens (tertiary/aromatic N) is 2. The maximum Gasteiger partial charge on any atom is 0.356 e. The van der Waals surface area contributed by atoms with Crippen LogP contribution in [0.1, 0.15) is 29.9 Å². The molecule has 1 aliphatic heterocycles. The van der Waals surface area contributed by atoms with E-state index in [1.807, 2.05) is 11.8 Å². The van der Waals surface area contributed by atoms with Gasteiger partial charge in [0.15, 0.2) is 9.84 Å². The maximum atomic E-state index is 11.8. The molecule has 124 valence electrons. The highest BCUT2D eigenvalue weighted by atomic mass is 32.2. The summed E-state index contributed by atoms with van der Waals surface area (Å²) in [7, 11) is -3.22. The van der Waals surface area contributed by atoms with Crippen molar-refractivity contribution in [3.05, 3.63) is 17.5 Å². The lowest BCUT2D eigenvalue weighted by molar-refractivity contribution is 0.0513. The second kappa shape index (κ2) is 6.76. The summed E-state index contributed by atoms with van der Waals surface area (Å²) in [4.78, 5) is 13.7. The fraction of sp³-hybridized carbons (Fsp3) is 0.692. The molecule has 0 saturated carbocycles. The number of aliphatic hydroxyl groups excluding tert-OH is 1. The summed E-state index contributed by atoms with van der Waals surface area (Å²) >= 11 is 0. The lowest BCUT2D eigenvalue weighted by atomic mass is 10.1. The van der Waals surface area contributed by atoms with Crippen LogP contribution in [0.25, 0.3) is 0 Å². The van der Waals surface area contributed by atoms with Gasteiger partial charge >= 0.3 is 5.97 Å². The summed E-state index contributed by atoms with van der Waals surface area (Å²) in [5, 5.41) is 16.4. The number of aromatic nitrogens is 2. The first kappa shape index (κ1) is 16.9. The van der Waals surface area contributed by atoms with E-state index in [9.17, 15) is 18.3 Å². The highest BCUT2D eigenvalue weighted by Gasteiger charge is 2.39. The fourth-order valence-electron chi connectivity index (χ4n) is 2.65. The molecule has 2 rings (SSSR count). The molecule has 0 aromatic carbocycles. The number of ether oxygens (including phenoxy) is 1. The van der Waals surface area contributed by atoms with Crippen LogP contribution in [0.4, 0.5) is 0 Å². The van der Waals surface area contributed by atoms with Gasteiger partial charge in [0.25, 0.3) is 0 Å². The molecule has 1 aromatic rings. The first-order valence-corrected chi connectivity index (χ1v) is 9.02. The van der Waals surface area contributed by atoms with Gasteiger partial charge in [0, 0.05) is 12.1 Å². The van der Waals surface area contributed by atoms with E-state index in [1.54, 1.807) is 6.92 Å². The Bertz CT molecular complexity index is 627. The molecule has 1 aromatic heterocycles. The number of esters is 1. The van der Waals surface area contributed by atoms with Crippen molar-refractivity contribution >= 4 is 15.8 Å². The summed E-state index contributed by atoms with van der Waals surface area (Å²) in [6.07, 6.45) is 0.605. The zero-order valence-electron chi connectivity index (χ0n) is 12.7. The topological polar surface area (TPSA) is 113 Å². The molecule has 9 heteroatoms. The molecule has 1 fully saturated rings. The summed E-state index contributed by atoms with van der Waals surface area (Å²) in [6.45, 7) is 4.71. The Morgan fingerprint density at radius 1 is 1.50 bits per heavy atom. The van der Waals surface area contributed by atoms with Crippen LogP contribution < -0.4 is 0 Å². The third-order valence-corrected chi connectivity index (χ3v) is 5.44. The Kier molecular flexibility index (Phi) is 5.20. The summed E-state index contributed by atoms with van der Waals surface area (Å²) < 4.78 is 28.3. The lowest BCUT2D eigenvalue weighted by Gasteiger charge is -2.28. The van der Waals surface area contributed by atoms with Crippen LogP contribution in [0.2, 0.25) is 0 Å². The Hall–Kier alpha value is -1.45. The minimum atomic E-state index is -3.22. The largest absolute Gasteiger partial charge is 0.461 e. The number of rotatable bonds is 6. The van der Waals surface area contributed by atoms with Crippen LogP contribution >= 0.6 is 0 Å². The zero-order valence-corrected chi connectivity index (χ0v) is 13.5. The molecular weight excluding hydrogens is 310 g/mol.